The second kappa shape index (κ2) is 5.38. The number of hydrogen-bond acceptors (Lipinski definition) is 4. The number of benzene rings is 1. The van der Waals surface area contributed by atoms with Crippen LogP contribution in [0.25, 0.3) is 11.3 Å². The summed E-state index contributed by atoms with van der Waals surface area (Å²) in [6, 6.07) is 8.06. The van der Waals surface area contributed by atoms with Gasteiger partial charge in [0.2, 0.25) is 9.05 Å². The van der Waals surface area contributed by atoms with Crippen molar-refractivity contribution in [2.24, 2.45) is 0 Å². The molecule has 0 aliphatic heterocycles. The average molecular weight is 302 g/mol. The summed E-state index contributed by atoms with van der Waals surface area (Å²) in [6.07, 6.45) is 0.363. The van der Waals surface area contributed by atoms with Crippen molar-refractivity contribution in [2.75, 3.05) is 5.75 Å². The molecule has 0 saturated carbocycles. The summed E-state index contributed by atoms with van der Waals surface area (Å²) in [4.78, 5) is 4.41. The Morgan fingerprint density at radius 3 is 2.56 bits per heavy atom. The SMILES string of the molecule is Cc1ccc(-c2csc(CCS(=O)(=O)Cl)n2)cc1. The second-order valence-corrected chi connectivity index (χ2v) is 7.82. The Bertz CT molecular complexity index is 632. The monoisotopic (exact) mass is 301 g/mol. The summed E-state index contributed by atoms with van der Waals surface area (Å²) in [7, 11) is 1.73. The number of hydrogen-bond donors (Lipinski definition) is 0. The zero-order valence-corrected chi connectivity index (χ0v) is 12.1. The molecule has 0 N–H and O–H groups in total. The molecule has 6 heteroatoms. The smallest absolute Gasteiger partial charge is 0.233 e. The predicted molar refractivity (Wildman–Crippen MR) is 75.6 cm³/mol. The zero-order chi connectivity index (χ0) is 13.2. The third-order valence-electron chi connectivity index (χ3n) is 2.46. The first kappa shape index (κ1) is 13.5. The first-order chi connectivity index (χ1) is 8.44. The minimum absolute atomic E-state index is 0.0740. The van der Waals surface area contributed by atoms with Crippen molar-refractivity contribution in [2.45, 2.75) is 13.3 Å². The van der Waals surface area contributed by atoms with Crippen LogP contribution in [0.2, 0.25) is 0 Å². The van der Waals surface area contributed by atoms with E-state index in [-0.39, 0.29) is 5.75 Å². The Balaban J connectivity index is 2.13. The van der Waals surface area contributed by atoms with Gasteiger partial charge in [0.25, 0.3) is 0 Å². The number of halogens is 1. The maximum absolute atomic E-state index is 10.9. The largest absolute Gasteiger partial charge is 0.241 e. The third kappa shape index (κ3) is 3.80. The maximum Gasteiger partial charge on any atom is 0.233 e. The van der Waals surface area contributed by atoms with E-state index in [1.807, 2.05) is 36.6 Å². The molecule has 2 aromatic rings. The number of rotatable bonds is 4. The highest BCUT2D eigenvalue weighted by Gasteiger charge is 2.09. The minimum atomic E-state index is -3.44. The highest BCUT2D eigenvalue weighted by atomic mass is 35.7. The van der Waals surface area contributed by atoms with Crippen molar-refractivity contribution >= 4 is 31.1 Å². The molecule has 1 aromatic carbocycles. The van der Waals surface area contributed by atoms with Gasteiger partial charge in [0, 0.05) is 28.0 Å². The Hall–Kier alpha value is -0.910. The van der Waals surface area contributed by atoms with Gasteiger partial charge in [0.1, 0.15) is 0 Å². The van der Waals surface area contributed by atoms with Gasteiger partial charge in [-0.3, -0.25) is 0 Å². The molecule has 0 radical (unpaired) electrons. The summed E-state index contributed by atoms with van der Waals surface area (Å²) in [5.74, 6) is -0.0740. The molecule has 96 valence electrons. The first-order valence-corrected chi connectivity index (χ1v) is 8.74. The van der Waals surface area contributed by atoms with Crippen molar-refractivity contribution in [3.05, 3.63) is 40.2 Å². The van der Waals surface area contributed by atoms with Gasteiger partial charge in [0.15, 0.2) is 0 Å². The summed E-state index contributed by atoms with van der Waals surface area (Å²) in [6.45, 7) is 2.03. The molecule has 1 heterocycles. The number of aryl methyl sites for hydroxylation is 2. The molecule has 3 nitrogen and oxygen atoms in total. The molecule has 0 bridgehead atoms. The Kier molecular flexibility index (Phi) is 4.04. The summed E-state index contributed by atoms with van der Waals surface area (Å²) >= 11 is 1.46. The van der Waals surface area contributed by atoms with Crippen LogP contribution in [-0.2, 0) is 15.5 Å². The van der Waals surface area contributed by atoms with Crippen LogP contribution >= 0.6 is 22.0 Å². The molecule has 1 aromatic heterocycles. The van der Waals surface area contributed by atoms with E-state index in [2.05, 4.69) is 4.98 Å². The van der Waals surface area contributed by atoms with Gasteiger partial charge in [0.05, 0.1) is 16.5 Å². The lowest BCUT2D eigenvalue weighted by Crippen LogP contribution is -2.00. The number of thiazole rings is 1. The highest BCUT2D eigenvalue weighted by molar-refractivity contribution is 8.13. The van der Waals surface area contributed by atoms with Crippen LogP contribution in [0.5, 0.6) is 0 Å². The molecule has 0 amide bonds. The van der Waals surface area contributed by atoms with Crippen LogP contribution in [0.3, 0.4) is 0 Å². The number of aromatic nitrogens is 1. The van der Waals surface area contributed by atoms with Crippen molar-refractivity contribution < 1.29 is 8.42 Å². The molecule has 0 fully saturated rings. The highest BCUT2D eigenvalue weighted by Crippen LogP contribution is 2.22. The van der Waals surface area contributed by atoms with E-state index in [4.69, 9.17) is 10.7 Å². The zero-order valence-electron chi connectivity index (χ0n) is 9.76. The van der Waals surface area contributed by atoms with Crippen molar-refractivity contribution in [1.82, 2.24) is 4.98 Å². The van der Waals surface area contributed by atoms with Crippen LogP contribution in [0.4, 0.5) is 0 Å². The summed E-state index contributed by atoms with van der Waals surface area (Å²) < 4.78 is 21.7. The molecular formula is C12H12ClNO2S2. The van der Waals surface area contributed by atoms with E-state index in [0.717, 1.165) is 16.3 Å². The van der Waals surface area contributed by atoms with Crippen LogP contribution in [0, 0.1) is 6.92 Å². The van der Waals surface area contributed by atoms with Crippen LogP contribution in [-0.4, -0.2) is 19.2 Å². The standard InChI is InChI=1S/C12H12ClNO2S2/c1-9-2-4-10(5-3-9)11-8-17-12(14-11)6-7-18(13,15)16/h2-5,8H,6-7H2,1H3. The lowest BCUT2D eigenvalue weighted by molar-refractivity contribution is 0.609. The van der Waals surface area contributed by atoms with E-state index >= 15 is 0 Å². The molecule has 2 rings (SSSR count). The van der Waals surface area contributed by atoms with Gasteiger partial charge >= 0.3 is 0 Å². The molecule has 18 heavy (non-hydrogen) atoms. The lowest BCUT2D eigenvalue weighted by Gasteiger charge is -1.97. The molecule has 0 atom stereocenters. The van der Waals surface area contributed by atoms with Crippen LogP contribution in [0.15, 0.2) is 29.6 Å². The fraction of sp³-hybridized carbons (Fsp3) is 0.250. The second-order valence-electron chi connectivity index (χ2n) is 3.99. The molecule has 0 aliphatic carbocycles. The van der Waals surface area contributed by atoms with Gasteiger partial charge in [-0.25, -0.2) is 13.4 Å². The average Bonchev–Trinajstić information content (AvgIpc) is 2.75. The van der Waals surface area contributed by atoms with Gasteiger partial charge in [-0.15, -0.1) is 11.3 Å². The van der Waals surface area contributed by atoms with Crippen molar-refractivity contribution in [3.63, 3.8) is 0 Å². The van der Waals surface area contributed by atoms with E-state index in [1.54, 1.807) is 0 Å². The molecular weight excluding hydrogens is 290 g/mol. The fourth-order valence-electron chi connectivity index (χ4n) is 1.49. The third-order valence-corrected chi connectivity index (χ3v) is 4.52. The summed E-state index contributed by atoms with van der Waals surface area (Å²) in [5, 5.41) is 2.72. The fourth-order valence-corrected chi connectivity index (χ4v) is 3.10. The Morgan fingerprint density at radius 2 is 1.94 bits per heavy atom. The topological polar surface area (TPSA) is 47.0 Å². The summed E-state index contributed by atoms with van der Waals surface area (Å²) in [5.41, 5.74) is 3.11. The van der Waals surface area contributed by atoms with E-state index in [9.17, 15) is 8.42 Å². The van der Waals surface area contributed by atoms with Gasteiger partial charge in [-0.05, 0) is 6.92 Å². The normalized spacial score (nSPS) is 11.7. The first-order valence-electron chi connectivity index (χ1n) is 5.38. The molecule has 0 saturated heterocycles. The van der Waals surface area contributed by atoms with Crippen molar-refractivity contribution in [3.8, 4) is 11.3 Å². The molecule has 0 aliphatic rings. The van der Waals surface area contributed by atoms with E-state index in [1.165, 1.54) is 16.9 Å². The number of nitrogens with zero attached hydrogens (tertiary/aromatic N) is 1. The quantitative estimate of drug-likeness (QED) is 0.815. The van der Waals surface area contributed by atoms with Crippen molar-refractivity contribution in [1.29, 1.82) is 0 Å². The van der Waals surface area contributed by atoms with Gasteiger partial charge in [-0.2, -0.15) is 0 Å². The predicted octanol–water partition coefficient (Wildman–Crippen LogP) is 3.23. The molecule has 0 spiro atoms. The minimum Gasteiger partial charge on any atom is -0.241 e. The van der Waals surface area contributed by atoms with E-state index < -0.39 is 9.05 Å². The van der Waals surface area contributed by atoms with Gasteiger partial charge in [-0.1, -0.05) is 29.8 Å². The molecule has 0 unspecified atom stereocenters. The lowest BCUT2D eigenvalue weighted by atomic mass is 10.1. The Morgan fingerprint density at radius 1 is 1.28 bits per heavy atom. The van der Waals surface area contributed by atoms with Crippen LogP contribution in [0.1, 0.15) is 10.6 Å². The maximum atomic E-state index is 10.9. The van der Waals surface area contributed by atoms with Crippen LogP contribution < -0.4 is 0 Å². The van der Waals surface area contributed by atoms with Gasteiger partial charge < -0.3 is 0 Å². The Labute approximate surface area is 115 Å². The van der Waals surface area contributed by atoms with E-state index in [0.29, 0.717) is 6.42 Å².